The molecule has 0 unspecified atom stereocenters. The molecule has 0 aliphatic carbocycles. The molecule has 0 atom stereocenters. The van der Waals surface area contributed by atoms with E-state index in [1.807, 2.05) is 47.4 Å². The lowest BCUT2D eigenvalue weighted by atomic mass is 10.0. The van der Waals surface area contributed by atoms with Gasteiger partial charge in [-0.3, -0.25) is 4.79 Å². The van der Waals surface area contributed by atoms with E-state index < -0.39 is 5.91 Å². The summed E-state index contributed by atoms with van der Waals surface area (Å²) in [6, 6.07) is 22.4. The van der Waals surface area contributed by atoms with Crippen LogP contribution in [-0.4, -0.2) is 49.5 Å². The molecule has 1 saturated heterocycles. The van der Waals surface area contributed by atoms with E-state index in [1.165, 1.54) is 6.21 Å². The number of nitrogens with two attached hydrogens (primary N) is 1. The van der Waals surface area contributed by atoms with Crippen LogP contribution in [-0.2, 0) is 11.3 Å². The van der Waals surface area contributed by atoms with Crippen LogP contribution in [0.2, 0.25) is 5.02 Å². The van der Waals surface area contributed by atoms with Gasteiger partial charge in [-0.05, 0) is 65.4 Å². The highest BCUT2D eigenvalue weighted by molar-refractivity contribution is 7.79. The number of hydrogen-bond acceptors (Lipinski definition) is 7. The van der Waals surface area contributed by atoms with Gasteiger partial charge in [0.05, 0.1) is 0 Å². The minimum atomic E-state index is -0.441. The van der Waals surface area contributed by atoms with Crippen molar-refractivity contribution in [1.29, 1.82) is 5.41 Å². The van der Waals surface area contributed by atoms with Crippen LogP contribution >= 0.6 is 24.2 Å². The first-order valence-corrected chi connectivity index (χ1v) is 13.1. The zero-order valence-electron chi connectivity index (χ0n) is 20.7. The van der Waals surface area contributed by atoms with Crippen LogP contribution in [0.25, 0.3) is 11.1 Å². The number of rotatable bonds is 8. The molecule has 1 aliphatic rings. The Bertz CT molecular complexity index is 1210. The molecule has 1 fully saturated rings. The third-order valence-electron chi connectivity index (χ3n) is 5.71. The molecule has 5 N–H and O–H groups in total. The van der Waals surface area contributed by atoms with Gasteiger partial charge in [0.2, 0.25) is 5.76 Å². The van der Waals surface area contributed by atoms with E-state index in [2.05, 4.69) is 29.3 Å². The topological polar surface area (TPSA) is 103 Å². The highest BCUT2D eigenvalue weighted by atomic mass is 35.5. The predicted octanol–water partition coefficient (Wildman–Crippen LogP) is 4.80. The van der Waals surface area contributed by atoms with Gasteiger partial charge in [0, 0.05) is 49.6 Å². The molecule has 1 heterocycles. The Labute approximate surface area is 228 Å². The van der Waals surface area contributed by atoms with Gasteiger partial charge in [-0.15, -0.1) is 0 Å². The lowest BCUT2D eigenvalue weighted by molar-refractivity contribution is -0.115. The summed E-state index contributed by atoms with van der Waals surface area (Å²) in [5.41, 5.74) is 9.90. The fourth-order valence-corrected chi connectivity index (χ4v) is 3.98. The quantitative estimate of drug-likeness (QED) is 0.123. The second-order valence-corrected chi connectivity index (χ2v) is 8.52. The van der Waals surface area contributed by atoms with Crippen molar-refractivity contribution >= 4 is 42.0 Å². The molecule has 0 saturated carbocycles. The second kappa shape index (κ2) is 14.4. The lowest BCUT2D eigenvalue weighted by Crippen LogP contribution is -2.44. The molecule has 0 spiro atoms. The molecular formula is C28H32ClN5O2S. The van der Waals surface area contributed by atoms with Crippen molar-refractivity contribution < 1.29 is 9.53 Å². The van der Waals surface area contributed by atoms with Gasteiger partial charge in [0.25, 0.3) is 5.91 Å². The number of allylic oxidation sites excluding steroid dienone is 1. The first-order chi connectivity index (χ1) is 18.1. The summed E-state index contributed by atoms with van der Waals surface area (Å²) in [4.78, 5) is 15.3. The normalized spacial score (nSPS) is 13.6. The van der Waals surface area contributed by atoms with E-state index in [9.17, 15) is 4.79 Å². The summed E-state index contributed by atoms with van der Waals surface area (Å²) in [6.07, 6.45) is 2.87. The minimum Gasteiger partial charge on any atom is -0.449 e. The molecule has 3 aromatic carbocycles. The van der Waals surface area contributed by atoms with Crippen LogP contribution in [0, 0.1) is 5.41 Å². The number of anilines is 1. The van der Waals surface area contributed by atoms with Crippen LogP contribution in [0.1, 0.15) is 5.56 Å². The molecule has 0 aromatic heterocycles. The largest absolute Gasteiger partial charge is 0.449 e. The van der Waals surface area contributed by atoms with Crippen LogP contribution < -0.4 is 21.1 Å². The maximum Gasteiger partial charge on any atom is 0.293 e. The molecule has 194 valence electrons. The number of piperazine rings is 1. The third kappa shape index (κ3) is 7.84. The number of thiol groups is 1. The Balaban J connectivity index is 0.00000186. The fourth-order valence-electron chi connectivity index (χ4n) is 3.85. The van der Waals surface area contributed by atoms with E-state index in [0.717, 1.165) is 29.8 Å². The van der Waals surface area contributed by atoms with Crippen molar-refractivity contribution in [3.63, 3.8) is 0 Å². The number of carbonyl (C=O) groups excluding carboxylic acids is 1. The van der Waals surface area contributed by atoms with Gasteiger partial charge in [-0.1, -0.05) is 41.9 Å². The smallest absolute Gasteiger partial charge is 0.293 e. The Kier molecular flexibility index (Phi) is 11.0. The number of hydrogen-bond donors (Lipinski definition) is 5. The summed E-state index contributed by atoms with van der Waals surface area (Å²) in [7, 11) is 0. The van der Waals surface area contributed by atoms with Gasteiger partial charge < -0.3 is 31.4 Å². The molecule has 1 amide bonds. The maximum absolute atomic E-state index is 13.3. The number of nitrogens with zero attached hydrogens (tertiary/aromatic N) is 1. The maximum atomic E-state index is 13.3. The molecular weight excluding hydrogens is 506 g/mol. The van der Waals surface area contributed by atoms with Crippen LogP contribution in [0.4, 0.5) is 5.69 Å². The zero-order chi connectivity index (χ0) is 26.6. The van der Waals surface area contributed by atoms with Gasteiger partial charge in [-0.2, -0.15) is 12.6 Å². The number of amides is 1. The molecule has 7 nitrogen and oxygen atoms in total. The first kappa shape index (κ1) is 28.3. The molecule has 0 radical (unpaired) electrons. The molecule has 9 heteroatoms. The van der Waals surface area contributed by atoms with Gasteiger partial charge in [-0.25, -0.2) is 0 Å². The van der Waals surface area contributed by atoms with Crippen molar-refractivity contribution in [3.8, 4) is 16.9 Å². The average Bonchev–Trinajstić information content (AvgIpc) is 2.96. The number of ether oxygens (including phenoxy) is 1. The second-order valence-electron chi connectivity index (χ2n) is 8.09. The highest BCUT2D eigenvalue weighted by Crippen LogP contribution is 2.26. The Morgan fingerprint density at radius 2 is 1.76 bits per heavy atom. The summed E-state index contributed by atoms with van der Waals surface area (Å²) in [6.45, 7) is 3.34. The van der Waals surface area contributed by atoms with E-state index in [4.69, 9.17) is 27.5 Å². The number of halogens is 1. The summed E-state index contributed by atoms with van der Waals surface area (Å²) in [5, 5.41) is 14.8. The summed E-state index contributed by atoms with van der Waals surface area (Å²) in [5.74, 6) is 0.123. The SMILES string of the molecule is CS.N=C/C(=C(/Oc1ccc(-c2cccc(CN)c2)cc1)C(=O)Nc1ccc(Cl)cc1)N1CCNCC1. The number of benzene rings is 3. The van der Waals surface area contributed by atoms with E-state index in [1.54, 1.807) is 30.5 Å². The predicted molar refractivity (Wildman–Crippen MR) is 156 cm³/mol. The fraction of sp³-hybridized carbons (Fsp3) is 0.214. The molecule has 37 heavy (non-hydrogen) atoms. The van der Waals surface area contributed by atoms with Crippen LogP contribution in [0.5, 0.6) is 5.75 Å². The van der Waals surface area contributed by atoms with Gasteiger partial charge >= 0.3 is 0 Å². The van der Waals surface area contributed by atoms with Crippen molar-refractivity contribution in [2.75, 3.05) is 37.8 Å². The lowest BCUT2D eigenvalue weighted by Gasteiger charge is -2.30. The number of carbonyl (C=O) groups is 1. The first-order valence-electron chi connectivity index (χ1n) is 11.9. The minimum absolute atomic E-state index is 0.0646. The van der Waals surface area contributed by atoms with Crippen LogP contribution in [0.3, 0.4) is 0 Å². The average molecular weight is 538 g/mol. The summed E-state index contributed by atoms with van der Waals surface area (Å²) < 4.78 is 6.12. The standard InChI is InChI=1S/C27H28ClN5O2.CH4S/c28-22-6-8-23(9-7-22)32-27(34)26(25(18-30)33-14-12-31-13-15-33)35-24-10-4-20(5-11-24)21-3-1-2-19(16-21)17-29;1-2/h1-11,16,18,30-31H,12-15,17,29H2,(H,32,34);2H,1H3/b26-25-,30-18?;. The monoisotopic (exact) mass is 537 g/mol. The van der Waals surface area contributed by atoms with Gasteiger partial charge in [0.1, 0.15) is 11.4 Å². The van der Waals surface area contributed by atoms with Crippen molar-refractivity contribution in [3.05, 3.63) is 94.8 Å². The van der Waals surface area contributed by atoms with E-state index >= 15 is 0 Å². The molecule has 1 aliphatic heterocycles. The molecule has 3 aromatic rings. The Hall–Kier alpha value is -3.30. The summed E-state index contributed by atoms with van der Waals surface area (Å²) >= 11 is 9.50. The number of nitrogens with one attached hydrogen (secondary N) is 3. The molecule has 0 bridgehead atoms. The Morgan fingerprint density at radius 1 is 1.08 bits per heavy atom. The van der Waals surface area contributed by atoms with Crippen molar-refractivity contribution in [2.45, 2.75) is 6.54 Å². The molecule has 4 rings (SSSR count). The van der Waals surface area contributed by atoms with Crippen LogP contribution in [0.15, 0.2) is 84.3 Å². The third-order valence-corrected chi connectivity index (χ3v) is 5.96. The Morgan fingerprint density at radius 3 is 2.38 bits per heavy atom. The highest BCUT2D eigenvalue weighted by Gasteiger charge is 2.23. The van der Waals surface area contributed by atoms with Crippen molar-refractivity contribution in [2.24, 2.45) is 5.73 Å². The van der Waals surface area contributed by atoms with Crippen molar-refractivity contribution in [1.82, 2.24) is 10.2 Å². The van der Waals surface area contributed by atoms with E-state index in [0.29, 0.717) is 41.8 Å². The zero-order valence-corrected chi connectivity index (χ0v) is 22.4. The van der Waals surface area contributed by atoms with E-state index in [-0.39, 0.29) is 5.76 Å². The van der Waals surface area contributed by atoms with Gasteiger partial charge in [0.15, 0.2) is 0 Å².